The Morgan fingerprint density at radius 2 is 0.676 bits per heavy atom. The zero-order valence-corrected chi connectivity index (χ0v) is 20.5. The lowest BCUT2D eigenvalue weighted by atomic mass is 9.97. The molecule has 0 radical (unpaired) electrons. The number of para-hydroxylation sites is 4. The number of nitrogens with one attached hydrogen (secondary N) is 3. The minimum atomic E-state index is -0.367. The number of hydrogen-bond acceptors (Lipinski definition) is 7. The fourth-order valence-corrected chi connectivity index (χ4v) is 4.44. The molecule has 0 unspecified atom stereocenters. The Morgan fingerprint density at radius 3 is 0.946 bits per heavy atom. The first-order chi connectivity index (χ1) is 18.1. The second-order valence-electron chi connectivity index (χ2n) is 8.76. The predicted molar refractivity (Wildman–Crippen MR) is 145 cm³/mol. The Kier molecular flexibility index (Phi) is 8.99. The van der Waals surface area contributed by atoms with E-state index in [0.717, 1.165) is 0 Å². The highest BCUT2D eigenvalue weighted by atomic mass is 16.3. The quantitative estimate of drug-likeness (QED) is 0.146. The van der Waals surface area contributed by atoms with Gasteiger partial charge in [0, 0.05) is 48.4 Å². The molecule has 0 bridgehead atoms. The van der Waals surface area contributed by atoms with Gasteiger partial charge in [0.2, 0.25) is 0 Å². The molecule has 7 nitrogen and oxygen atoms in total. The molecule has 0 atom stereocenters. The largest absolute Gasteiger partial charge is 0.508 e. The molecule has 4 aromatic rings. The first-order valence-corrected chi connectivity index (χ1v) is 12.4. The van der Waals surface area contributed by atoms with Gasteiger partial charge in [-0.15, -0.1) is 0 Å². The molecule has 0 aliphatic carbocycles. The standard InChI is InChI=1S/C30H33N3O4/c34-25-13-5-1-9-21(25)29(22-10-2-6-14-26(22)35)32-19-17-31-18-20-33-30(23-11-3-7-15-27(23)36)24-12-4-8-16-28(24)37/h1-16,29-37H,17-20H2. The van der Waals surface area contributed by atoms with Crippen LogP contribution in [0.5, 0.6) is 23.0 Å². The molecule has 0 aliphatic heterocycles. The van der Waals surface area contributed by atoms with Crippen molar-refractivity contribution in [2.75, 3.05) is 26.2 Å². The molecule has 4 rings (SSSR count). The molecule has 0 amide bonds. The van der Waals surface area contributed by atoms with Crippen molar-refractivity contribution in [2.45, 2.75) is 12.1 Å². The zero-order valence-electron chi connectivity index (χ0n) is 20.5. The molecule has 37 heavy (non-hydrogen) atoms. The van der Waals surface area contributed by atoms with Crippen LogP contribution < -0.4 is 16.0 Å². The highest BCUT2D eigenvalue weighted by molar-refractivity contribution is 5.46. The van der Waals surface area contributed by atoms with Gasteiger partial charge in [-0.1, -0.05) is 72.8 Å². The number of hydrogen-bond donors (Lipinski definition) is 7. The van der Waals surface area contributed by atoms with Crippen LogP contribution in [-0.4, -0.2) is 46.6 Å². The Balaban J connectivity index is 1.34. The lowest BCUT2D eigenvalue weighted by Crippen LogP contribution is -2.35. The molecule has 0 saturated heterocycles. The molecule has 0 saturated carbocycles. The summed E-state index contributed by atoms with van der Waals surface area (Å²) in [5.41, 5.74) is 2.77. The van der Waals surface area contributed by atoms with Crippen LogP contribution in [0.3, 0.4) is 0 Å². The molecule has 0 spiro atoms. The lowest BCUT2D eigenvalue weighted by Gasteiger charge is -2.23. The van der Waals surface area contributed by atoms with E-state index >= 15 is 0 Å². The van der Waals surface area contributed by atoms with Gasteiger partial charge in [-0.25, -0.2) is 0 Å². The molecule has 7 heteroatoms. The maximum atomic E-state index is 10.4. The predicted octanol–water partition coefficient (Wildman–Crippen LogP) is 4.16. The maximum absolute atomic E-state index is 10.4. The topological polar surface area (TPSA) is 117 Å². The number of aromatic hydroxyl groups is 4. The summed E-state index contributed by atoms with van der Waals surface area (Å²) < 4.78 is 0. The average Bonchev–Trinajstić information content (AvgIpc) is 2.90. The summed E-state index contributed by atoms with van der Waals surface area (Å²) in [7, 11) is 0. The smallest absolute Gasteiger partial charge is 0.120 e. The van der Waals surface area contributed by atoms with Crippen LogP contribution in [0, 0.1) is 0 Å². The molecular formula is C30H33N3O4. The van der Waals surface area contributed by atoms with Crippen molar-refractivity contribution in [3.05, 3.63) is 119 Å². The van der Waals surface area contributed by atoms with Gasteiger partial charge in [-0.3, -0.25) is 0 Å². The summed E-state index contributed by atoms with van der Waals surface area (Å²) >= 11 is 0. The van der Waals surface area contributed by atoms with Crippen LogP contribution in [0.15, 0.2) is 97.1 Å². The monoisotopic (exact) mass is 499 g/mol. The van der Waals surface area contributed by atoms with Gasteiger partial charge < -0.3 is 36.4 Å². The third kappa shape index (κ3) is 6.59. The molecule has 192 valence electrons. The average molecular weight is 500 g/mol. The van der Waals surface area contributed by atoms with Crippen LogP contribution >= 0.6 is 0 Å². The van der Waals surface area contributed by atoms with Crippen molar-refractivity contribution in [1.29, 1.82) is 0 Å². The summed E-state index contributed by atoms with van der Waals surface area (Å²) in [6, 6.07) is 27.7. The maximum Gasteiger partial charge on any atom is 0.120 e. The summed E-state index contributed by atoms with van der Waals surface area (Å²) in [5, 5.41) is 51.9. The fourth-order valence-electron chi connectivity index (χ4n) is 4.44. The van der Waals surface area contributed by atoms with Crippen LogP contribution in [0.2, 0.25) is 0 Å². The van der Waals surface area contributed by atoms with Crippen molar-refractivity contribution in [1.82, 2.24) is 16.0 Å². The van der Waals surface area contributed by atoms with Gasteiger partial charge in [0.05, 0.1) is 12.1 Å². The van der Waals surface area contributed by atoms with E-state index in [0.29, 0.717) is 48.4 Å². The Bertz CT molecular complexity index is 1110. The van der Waals surface area contributed by atoms with Gasteiger partial charge in [-0.05, 0) is 24.3 Å². The number of benzene rings is 4. The Labute approximate surface area is 217 Å². The number of rotatable bonds is 12. The normalized spacial score (nSPS) is 11.3. The van der Waals surface area contributed by atoms with E-state index in [1.54, 1.807) is 48.5 Å². The van der Waals surface area contributed by atoms with E-state index in [4.69, 9.17) is 0 Å². The first-order valence-electron chi connectivity index (χ1n) is 12.4. The minimum absolute atomic E-state index is 0.166. The molecule has 0 aliphatic rings. The minimum Gasteiger partial charge on any atom is -0.508 e. The first kappa shape index (κ1) is 26.0. The van der Waals surface area contributed by atoms with Gasteiger partial charge in [-0.2, -0.15) is 0 Å². The highest BCUT2D eigenvalue weighted by Gasteiger charge is 2.21. The highest BCUT2D eigenvalue weighted by Crippen LogP contribution is 2.34. The van der Waals surface area contributed by atoms with Crippen molar-refractivity contribution < 1.29 is 20.4 Å². The molecule has 7 N–H and O–H groups in total. The van der Waals surface area contributed by atoms with E-state index in [-0.39, 0.29) is 35.1 Å². The van der Waals surface area contributed by atoms with Crippen molar-refractivity contribution in [3.63, 3.8) is 0 Å². The van der Waals surface area contributed by atoms with Crippen molar-refractivity contribution in [2.24, 2.45) is 0 Å². The summed E-state index contributed by atoms with van der Waals surface area (Å²) in [4.78, 5) is 0. The molecule has 0 heterocycles. The van der Waals surface area contributed by atoms with Crippen LogP contribution in [-0.2, 0) is 0 Å². The van der Waals surface area contributed by atoms with Gasteiger partial charge in [0.15, 0.2) is 0 Å². The molecule has 4 aromatic carbocycles. The van der Waals surface area contributed by atoms with Gasteiger partial charge in [0.1, 0.15) is 23.0 Å². The lowest BCUT2D eigenvalue weighted by molar-refractivity contribution is 0.438. The van der Waals surface area contributed by atoms with E-state index in [9.17, 15) is 20.4 Å². The van der Waals surface area contributed by atoms with Gasteiger partial charge in [0.25, 0.3) is 0 Å². The Hall–Kier alpha value is -4.04. The second-order valence-corrected chi connectivity index (χ2v) is 8.76. The molecule has 0 aromatic heterocycles. The number of phenols is 4. The second kappa shape index (κ2) is 12.8. The van der Waals surface area contributed by atoms with E-state index in [2.05, 4.69) is 16.0 Å². The summed E-state index contributed by atoms with van der Waals surface area (Å²) in [6.45, 7) is 2.49. The molecule has 0 fully saturated rings. The Morgan fingerprint density at radius 1 is 0.405 bits per heavy atom. The molecular weight excluding hydrogens is 466 g/mol. The van der Waals surface area contributed by atoms with Crippen molar-refractivity contribution in [3.8, 4) is 23.0 Å². The van der Waals surface area contributed by atoms with Crippen LogP contribution in [0.25, 0.3) is 0 Å². The third-order valence-corrected chi connectivity index (χ3v) is 6.29. The van der Waals surface area contributed by atoms with Crippen LogP contribution in [0.1, 0.15) is 34.3 Å². The number of phenolic OH excluding ortho intramolecular Hbond substituents is 4. The van der Waals surface area contributed by atoms with E-state index in [1.165, 1.54) is 0 Å². The summed E-state index contributed by atoms with van der Waals surface area (Å²) in [6.07, 6.45) is 0. The van der Waals surface area contributed by atoms with Crippen LogP contribution in [0.4, 0.5) is 0 Å². The summed E-state index contributed by atoms with van der Waals surface area (Å²) in [5.74, 6) is 0.666. The van der Waals surface area contributed by atoms with Crippen molar-refractivity contribution >= 4 is 0 Å². The fraction of sp³-hybridized carbons (Fsp3) is 0.200. The van der Waals surface area contributed by atoms with Gasteiger partial charge >= 0.3 is 0 Å². The van der Waals surface area contributed by atoms with E-state index in [1.807, 2.05) is 48.5 Å². The third-order valence-electron chi connectivity index (χ3n) is 6.29. The van der Waals surface area contributed by atoms with E-state index < -0.39 is 0 Å². The SMILES string of the molecule is Oc1ccccc1C(NCCNCCNC(c1ccccc1O)c1ccccc1O)c1ccccc1O. The zero-order chi connectivity index (χ0) is 26.0.